The second-order valence-electron chi connectivity index (χ2n) is 21.5. The van der Waals surface area contributed by atoms with Gasteiger partial charge in [0.15, 0.2) is 12.6 Å². The summed E-state index contributed by atoms with van der Waals surface area (Å²) in [6.45, 7) is 2.76. The standard InChI is InChI=1S/C59H111NO13/c1-3-5-7-9-11-13-14-15-16-17-18-19-20-21-22-23-24-25-26-27-28-29-30-31-32-33-35-36-38-40-42-48(63)47(60-51(64)43-41-39-37-34-12-10-8-6-4-2)46-70-58-56(69)54(67)57(50(45-62)72-58)73-59-55(68)53(66)52(65)49(44-61)71-59/h33,35,40,42,47-50,52-59,61-63,65-69H,3-32,34,36-39,41,43-46H2,1-2H3,(H,60,64)/b35-33+,42-40+. The minimum Gasteiger partial charge on any atom is -0.394 e. The van der Waals surface area contributed by atoms with Gasteiger partial charge >= 0.3 is 0 Å². The average molecular weight is 1040 g/mol. The molecular weight excluding hydrogens is 931 g/mol. The fourth-order valence-electron chi connectivity index (χ4n) is 10.0. The summed E-state index contributed by atoms with van der Waals surface area (Å²) in [5.74, 6) is -0.251. The molecule has 73 heavy (non-hydrogen) atoms. The van der Waals surface area contributed by atoms with Crippen LogP contribution in [0.4, 0.5) is 0 Å². The van der Waals surface area contributed by atoms with Crippen LogP contribution in [-0.4, -0.2) is 140 Å². The number of unbranched alkanes of at least 4 members (excludes halogenated alkanes) is 33. The van der Waals surface area contributed by atoms with Crippen LogP contribution in [-0.2, 0) is 23.7 Å². The number of amides is 1. The second kappa shape index (κ2) is 45.5. The molecule has 2 fully saturated rings. The molecule has 2 aliphatic rings. The minimum atomic E-state index is -1.79. The van der Waals surface area contributed by atoms with Crippen molar-refractivity contribution in [2.75, 3.05) is 19.8 Å². The number of aliphatic hydroxyl groups is 8. The fourth-order valence-corrected chi connectivity index (χ4v) is 10.0. The third-order valence-corrected chi connectivity index (χ3v) is 14.9. The molecule has 430 valence electrons. The molecule has 0 aromatic rings. The highest BCUT2D eigenvalue weighted by atomic mass is 16.7. The Morgan fingerprint density at radius 1 is 0.479 bits per heavy atom. The highest BCUT2D eigenvalue weighted by molar-refractivity contribution is 5.76. The first-order chi connectivity index (χ1) is 35.6. The van der Waals surface area contributed by atoms with Crippen molar-refractivity contribution in [2.24, 2.45) is 0 Å². The molecule has 0 aromatic carbocycles. The van der Waals surface area contributed by atoms with E-state index in [2.05, 4.69) is 31.3 Å². The maximum absolute atomic E-state index is 13.1. The molecule has 0 bridgehead atoms. The van der Waals surface area contributed by atoms with Gasteiger partial charge in [-0.05, 0) is 32.1 Å². The Morgan fingerprint density at radius 3 is 1.34 bits per heavy atom. The number of ether oxygens (including phenoxy) is 4. The first-order valence-corrected chi connectivity index (χ1v) is 30.1. The summed E-state index contributed by atoms with van der Waals surface area (Å²) in [6, 6.07) is -0.926. The summed E-state index contributed by atoms with van der Waals surface area (Å²) in [5.41, 5.74) is 0. The molecule has 9 N–H and O–H groups in total. The molecule has 0 aliphatic carbocycles. The van der Waals surface area contributed by atoms with Crippen molar-refractivity contribution >= 4 is 5.91 Å². The number of allylic oxidation sites excluding steroid dienone is 3. The van der Waals surface area contributed by atoms with Gasteiger partial charge in [0, 0.05) is 6.42 Å². The van der Waals surface area contributed by atoms with E-state index in [1.807, 2.05) is 6.08 Å². The van der Waals surface area contributed by atoms with E-state index in [0.717, 1.165) is 32.1 Å². The molecule has 0 saturated carbocycles. The second-order valence-corrected chi connectivity index (χ2v) is 21.5. The highest BCUT2D eigenvalue weighted by Crippen LogP contribution is 2.30. The molecule has 12 atom stereocenters. The molecule has 2 rings (SSSR count). The van der Waals surface area contributed by atoms with Gasteiger partial charge in [0.25, 0.3) is 0 Å². The zero-order valence-corrected chi connectivity index (χ0v) is 46.1. The van der Waals surface area contributed by atoms with Crippen LogP contribution in [0.15, 0.2) is 24.3 Å². The summed E-state index contributed by atoms with van der Waals surface area (Å²) in [5, 5.41) is 86.8. The van der Waals surface area contributed by atoms with Gasteiger partial charge in [-0.2, -0.15) is 0 Å². The summed E-state index contributed by atoms with van der Waals surface area (Å²) in [7, 11) is 0. The molecule has 0 aromatic heterocycles. The Balaban J connectivity index is 1.67. The van der Waals surface area contributed by atoms with E-state index in [-0.39, 0.29) is 18.9 Å². The molecule has 14 heteroatoms. The largest absolute Gasteiger partial charge is 0.394 e. The van der Waals surface area contributed by atoms with Gasteiger partial charge in [-0.15, -0.1) is 0 Å². The molecule has 0 spiro atoms. The van der Waals surface area contributed by atoms with Gasteiger partial charge in [0.2, 0.25) is 5.91 Å². The molecule has 2 heterocycles. The molecule has 1 amide bonds. The minimum absolute atomic E-state index is 0.251. The quantitative estimate of drug-likeness (QED) is 0.0204. The van der Waals surface area contributed by atoms with Crippen molar-refractivity contribution in [3.63, 3.8) is 0 Å². The SMILES string of the molecule is CCCCCCCCCCCCCCCCCCCCCCCCCC/C=C/CC/C=C/C(O)C(COC1OC(CO)C(OC2OC(CO)C(O)C(O)C2O)C(O)C1O)NC(=O)CCCCCCCCCCC. The lowest BCUT2D eigenvalue weighted by atomic mass is 9.97. The lowest BCUT2D eigenvalue weighted by molar-refractivity contribution is -0.359. The zero-order chi connectivity index (χ0) is 53.2. The number of hydrogen-bond donors (Lipinski definition) is 9. The first kappa shape index (κ1) is 67.6. The van der Waals surface area contributed by atoms with Gasteiger partial charge in [-0.3, -0.25) is 4.79 Å². The number of rotatable bonds is 48. The molecule has 2 aliphatic heterocycles. The molecule has 12 unspecified atom stereocenters. The normalized spacial score (nSPS) is 25.5. The Bertz CT molecular complexity index is 1320. The average Bonchev–Trinajstić information content (AvgIpc) is 3.39. The Hall–Kier alpha value is -1.53. The van der Waals surface area contributed by atoms with Crippen molar-refractivity contribution in [3.05, 3.63) is 24.3 Å². The molecular formula is C59H111NO13. The van der Waals surface area contributed by atoms with Crippen LogP contribution in [0.2, 0.25) is 0 Å². The van der Waals surface area contributed by atoms with Crippen LogP contribution in [0.25, 0.3) is 0 Å². The Morgan fingerprint density at radius 2 is 0.877 bits per heavy atom. The predicted octanol–water partition coefficient (Wildman–Crippen LogP) is 10.1. The van der Waals surface area contributed by atoms with Gasteiger partial charge in [-0.1, -0.05) is 237 Å². The van der Waals surface area contributed by atoms with Crippen LogP contribution in [0.5, 0.6) is 0 Å². The smallest absolute Gasteiger partial charge is 0.220 e. The van der Waals surface area contributed by atoms with E-state index < -0.39 is 86.8 Å². The maximum atomic E-state index is 13.1. The van der Waals surface area contributed by atoms with Crippen LogP contribution < -0.4 is 5.32 Å². The van der Waals surface area contributed by atoms with Gasteiger partial charge in [0.05, 0.1) is 32.0 Å². The van der Waals surface area contributed by atoms with E-state index in [0.29, 0.717) is 12.8 Å². The van der Waals surface area contributed by atoms with Crippen molar-refractivity contribution < 1.29 is 64.6 Å². The van der Waals surface area contributed by atoms with E-state index in [1.165, 1.54) is 186 Å². The van der Waals surface area contributed by atoms with Crippen LogP contribution in [0.3, 0.4) is 0 Å². The number of nitrogens with one attached hydrogen (secondary N) is 1. The number of carbonyl (C=O) groups excluding carboxylic acids is 1. The maximum Gasteiger partial charge on any atom is 0.220 e. The molecule has 14 nitrogen and oxygen atoms in total. The van der Waals surface area contributed by atoms with Crippen LogP contribution >= 0.6 is 0 Å². The monoisotopic (exact) mass is 1040 g/mol. The summed E-state index contributed by atoms with van der Waals surface area (Å²) in [6.07, 6.45) is 37.0. The topological polar surface area (TPSA) is 228 Å². The van der Waals surface area contributed by atoms with Crippen molar-refractivity contribution in [3.8, 4) is 0 Å². The number of carbonyl (C=O) groups is 1. The summed E-state index contributed by atoms with van der Waals surface area (Å²) < 4.78 is 22.7. The third kappa shape index (κ3) is 31.5. The van der Waals surface area contributed by atoms with Gasteiger partial charge < -0.3 is 65.1 Å². The molecule has 0 radical (unpaired) electrons. The zero-order valence-electron chi connectivity index (χ0n) is 46.1. The molecule has 2 saturated heterocycles. The number of hydrogen-bond acceptors (Lipinski definition) is 13. The van der Waals surface area contributed by atoms with Crippen LogP contribution in [0.1, 0.15) is 251 Å². The van der Waals surface area contributed by atoms with E-state index in [1.54, 1.807) is 6.08 Å². The highest BCUT2D eigenvalue weighted by Gasteiger charge is 2.51. The van der Waals surface area contributed by atoms with Gasteiger partial charge in [-0.25, -0.2) is 0 Å². The first-order valence-electron chi connectivity index (χ1n) is 30.1. The Labute approximate surface area is 443 Å². The Kier molecular flexibility index (Phi) is 42.1. The van der Waals surface area contributed by atoms with E-state index in [9.17, 15) is 45.6 Å². The van der Waals surface area contributed by atoms with Crippen molar-refractivity contribution in [1.29, 1.82) is 0 Å². The lowest BCUT2D eigenvalue weighted by Crippen LogP contribution is -2.65. The third-order valence-electron chi connectivity index (χ3n) is 14.9. The fraction of sp³-hybridized carbons (Fsp3) is 0.915. The van der Waals surface area contributed by atoms with Gasteiger partial charge in [0.1, 0.15) is 48.8 Å². The summed E-state index contributed by atoms with van der Waals surface area (Å²) in [4.78, 5) is 13.1. The van der Waals surface area contributed by atoms with E-state index >= 15 is 0 Å². The number of aliphatic hydroxyl groups excluding tert-OH is 8. The van der Waals surface area contributed by atoms with Crippen molar-refractivity contribution in [1.82, 2.24) is 5.32 Å². The van der Waals surface area contributed by atoms with Crippen LogP contribution in [0, 0.1) is 0 Å². The van der Waals surface area contributed by atoms with E-state index in [4.69, 9.17) is 18.9 Å². The summed E-state index contributed by atoms with van der Waals surface area (Å²) >= 11 is 0. The van der Waals surface area contributed by atoms with Crippen molar-refractivity contribution in [2.45, 2.75) is 325 Å². The lowest BCUT2D eigenvalue weighted by Gasteiger charge is -2.46. The predicted molar refractivity (Wildman–Crippen MR) is 291 cm³/mol.